The first-order valence-electron chi connectivity index (χ1n) is 4.41. The molecule has 0 unspecified atom stereocenters. The second-order valence-corrected chi connectivity index (χ2v) is 2.88. The van der Waals surface area contributed by atoms with Gasteiger partial charge in [0, 0.05) is 0 Å². The molecule has 1 aromatic rings. The summed E-state index contributed by atoms with van der Waals surface area (Å²) in [4.78, 5) is 11.0. The summed E-state index contributed by atoms with van der Waals surface area (Å²) < 4.78 is 4.61. The summed E-state index contributed by atoms with van der Waals surface area (Å²) in [6.45, 7) is 2.08. The maximum Gasteiger partial charge on any atom is 0.309 e. The Balaban J connectivity index is 2.81. The van der Waals surface area contributed by atoms with Crippen LogP contribution in [0.5, 0.6) is 0 Å². The molecule has 0 aliphatic heterocycles. The average Bonchev–Trinajstić information content (AvgIpc) is 2.18. The molecule has 0 aromatic heterocycles. The molecule has 70 valence electrons. The Kier molecular flexibility index (Phi) is 3.50. The van der Waals surface area contributed by atoms with Gasteiger partial charge >= 0.3 is 5.97 Å². The van der Waals surface area contributed by atoms with Gasteiger partial charge in [-0.15, -0.1) is 0 Å². The van der Waals surface area contributed by atoms with Crippen molar-refractivity contribution in [3.63, 3.8) is 0 Å². The predicted molar refractivity (Wildman–Crippen MR) is 51.5 cm³/mol. The number of carbonyl (C=O) groups excluding carboxylic acids is 1. The molecule has 0 aliphatic rings. The van der Waals surface area contributed by atoms with Crippen LogP contribution in [0, 0.1) is 0 Å². The van der Waals surface area contributed by atoms with Crippen molar-refractivity contribution in [2.75, 3.05) is 7.11 Å². The minimum atomic E-state index is -0.180. The zero-order valence-electron chi connectivity index (χ0n) is 8.04. The van der Waals surface area contributed by atoms with Crippen LogP contribution in [-0.2, 0) is 22.4 Å². The van der Waals surface area contributed by atoms with Gasteiger partial charge in [0.15, 0.2) is 0 Å². The van der Waals surface area contributed by atoms with Crippen LogP contribution in [-0.4, -0.2) is 13.1 Å². The van der Waals surface area contributed by atoms with Gasteiger partial charge < -0.3 is 4.74 Å². The number of methoxy groups -OCH3 is 1. The highest BCUT2D eigenvalue weighted by atomic mass is 16.5. The van der Waals surface area contributed by atoms with Crippen LogP contribution in [0.2, 0.25) is 0 Å². The van der Waals surface area contributed by atoms with Crippen LogP contribution in [0.1, 0.15) is 18.1 Å². The molecule has 1 aromatic carbocycles. The first kappa shape index (κ1) is 9.78. The van der Waals surface area contributed by atoms with E-state index in [4.69, 9.17) is 0 Å². The number of aryl methyl sites for hydroxylation is 1. The fourth-order valence-electron chi connectivity index (χ4n) is 1.30. The molecule has 2 heteroatoms. The SMILES string of the molecule is CCc1ccccc1CC(=O)OC. The standard InChI is InChI=1S/C11H14O2/c1-3-9-6-4-5-7-10(9)8-11(12)13-2/h4-7H,3,8H2,1-2H3. The predicted octanol–water partition coefficient (Wildman–Crippen LogP) is 1.96. The van der Waals surface area contributed by atoms with Crippen LogP contribution >= 0.6 is 0 Å². The lowest BCUT2D eigenvalue weighted by Gasteiger charge is -2.05. The van der Waals surface area contributed by atoms with Gasteiger partial charge in [0.1, 0.15) is 0 Å². The van der Waals surface area contributed by atoms with Crippen LogP contribution in [0.4, 0.5) is 0 Å². The van der Waals surface area contributed by atoms with E-state index in [2.05, 4.69) is 11.7 Å². The maximum atomic E-state index is 11.0. The zero-order valence-corrected chi connectivity index (χ0v) is 8.04. The summed E-state index contributed by atoms with van der Waals surface area (Å²) in [7, 11) is 1.41. The van der Waals surface area contributed by atoms with Crippen LogP contribution in [0.3, 0.4) is 0 Å². The van der Waals surface area contributed by atoms with Gasteiger partial charge in [-0.1, -0.05) is 31.2 Å². The monoisotopic (exact) mass is 178 g/mol. The summed E-state index contributed by atoms with van der Waals surface area (Å²) in [6.07, 6.45) is 1.33. The Bertz CT molecular complexity index is 292. The summed E-state index contributed by atoms with van der Waals surface area (Å²) >= 11 is 0. The van der Waals surface area contributed by atoms with Gasteiger partial charge in [-0.3, -0.25) is 4.79 Å². The van der Waals surface area contributed by atoms with Crippen molar-refractivity contribution in [2.24, 2.45) is 0 Å². The van der Waals surface area contributed by atoms with Crippen molar-refractivity contribution in [3.05, 3.63) is 35.4 Å². The van der Waals surface area contributed by atoms with Gasteiger partial charge in [-0.2, -0.15) is 0 Å². The maximum absolute atomic E-state index is 11.0. The molecule has 0 saturated heterocycles. The van der Waals surface area contributed by atoms with E-state index in [1.54, 1.807) is 0 Å². The lowest BCUT2D eigenvalue weighted by molar-refractivity contribution is -0.139. The summed E-state index contributed by atoms with van der Waals surface area (Å²) in [6, 6.07) is 7.94. The average molecular weight is 178 g/mol. The Morgan fingerprint density at radius 2 is 1.92 bits per heavy atom. The first-order chi connectivity index (χ1) is 6.27. The van der Waals surface area contributed by atoms with E-state index in [-0.39, 0.29) is 5.97 Å². The second-order valence-electron chi connectivity index (χ2n) is 2.88. The van der Waals surface area contributed by atoms with Gasteiger partial charge in [-0.25, -0.2) is 0 Å². The van der Waals surface area contributed by atoms with Gasteiger partial charge in [0.05, 0.1) is 13.5 Å². The van der Waals surface area contributed by atoms with Crippen molar-refractivity contribution >= 4 is 5.97 Å². The molecule has 0 N–H and O–H groups in total. The lowest BCUT2D eigenvalue weighted by Crippen LogP contribution is -2.06. The molecule has 2 nitrogen and oxygen atoms in total. The minimum absolute atomic E-state index is 0.180. The molecule has 0 aliphatic carbocycles. The quantitative estimate of drug-likeness (QED) is 0.661. The lowest BCUT2D eigenvalue weighted by atomic mass is 10.0. The van der Waals surface area contributed by atoms with Crippen molar-refractivity contribution in [1.29, 1.82) is 0 Å². The van der Waals surface area contributed by atoms with E-state index in [1.165, 1.54) is 12.7 Å². The molecule has 0 atom stereocenters. The molecule has 0 fully saturated rings. The topological polar surface area (TPSA) is 26.3 Å². The Morgan fingerprint density at radius 3 is 2.46 bits per heavy atom. The van der Waals surface area contributed by atoms with Crippen molar-refractivity contribution in [2.45, 2.75) is 19.8 Å². The highest BCUT2D eigenvalue weighted by molar-refractivity contribution is 5.72. The fraction of sp³-hybridized carbons (Fsp3) is 0.364. The summed E-state index contributed by atoms with van der Waals surface area (Å²) in [5.74, 6) is -0.180. The van der Waals surface area contributed by atoms with E-state index in [1.807, 2.05) is 24.3 Å². The normalized spacial score (nSPS) is 9.69. The van der Waals surface area contributed by atoms with E-state index in [0.29, 0.717) is 6.42 Å². The van der Waals surface area contributed by atoms with Crippen LogP contribution in [0.15, 0.2) is 24.3 Å². The molecule has 0 heterocycles. The smallest absolute Gasteiger partial charge is 0.309 e. The van der Waals surface area contributed by atoms with E-state index in [9.17, 15) is 4.79 Å². The number of rotatable bonds is 3. The van der Waals surface area contributed by atoms with Gasteiger partial charge in [-0.05, 0) is 17.5 Å². The van der Waals surface area contributed by atoms with E-state index in [0.717, 1.165) is 12.0 Å². The third kappa shape index (κ3) is 2.58. The third-order valence-corrected chi connectivity index (χ3v) is 2.06. The number of esters is 1. The Hall–Kier alpha value is -1.31. The number of ether oxygens (including phenoxy) is 1. The van der Waals surface area contributed by atoms with E-state index >= 15 is 0 Å². The largest absolute Gasteiger partial charge is 0.469 e. The molecule has 0 spiro atoms. The van der Waals surface area contributed by atoms with Crippen molar-refractivity contribution < 1.29 is 9.53 Å². The molecular formula is C11H14O2. The minimum Gasteiger partial charge on any atom is -0.469 e. The van der Waals surface area contributed by atoms with E-state index < -0.39 is 0 Å². The van der Waals surface area contributed by atoms with Crippen LogP contribution in [0.25, 0.3) is 0 Å². The van der Waals surface area contributed by atoms with Gasteiger partial charge in [0.25, 0.3) is 0 Å². The molecule has 13 heavy (non-hydrogen) atoms. The molecule has 0 radical (unpaired) electrons. The third-order valence-electron chi connectivity index (χ3n) is 2.06. The number of benzene rings is 1. The second kappa shape index (κ2) is 4.65. The summed E-state index contributed by atoms with van der Waals surface area (Å²) in [5, 5.41) is 0. The Labute approximate surface area is 78.5 Å². The summed E-state index contributed by atoms with van der Waals surface area (Å²) in [5.41, 5.74) is 2.28. The molecular weight excluding hydrogens is 164 g/mol. The number of hydrogen-bond donors (Lipinski definition) is 0. The van der Waals surface area contributed by atoms with Crippen molar-refractivity contribution in [3.8, 4) is 0 Å². The highest BCUT2D eigenvalue weighted by Crippen LogP contribution is 2.10. The highest BCUT2D eigenvalue weighted by Gasteiger charge is 2.05. The van der Waals surface area contributed by atoms with Crippen LogP contribution < -0.4 is 0 Å². The Morgan fingerprint density at radius 1 is 1.31 bits per heavy atom. The first-order valence-corrected chi connectivity index (χ1v) is 4.41. The molecule has 0 saturated carbocycles. The molecule has 0 bridgehead atoms. The zero-order chi connectivity index (χ0) is 9.68. The van der Waals surface area contributed by atoms with Crippen molar-refractivity contribution in [1.82, 2.24) is 0 Å². The molecule has 0 amide bonds. The number of hydrogen-bond acceptors (Lipinski definition) is 2. The van der Waals surface area contributed by atoms with Gasteiger partial charge in [0.2, 0.25) is 0 Å². The number of carbonyl (C=O) groups is 1. The fourth-order valence-corrected chi connectivity index (χ4v) is 1.30. The molecule has 1 rings (SSSR count).